The zero-order valence-electron chi connectivity index (χ0n) is 12.0. The lowest BCUT2D eigenvalue weighted by molar-refractivity contribution is 0.640. The zero-order valence-corrected chi connectivity index (χ0v) is 12.0. The van der Waals surface area contributed by atoms with E-state index in [1.807, 2.05) is 22.9 Å². The number of rotatable bonds is 4. The van der Waals surface area contributed by atoms with Crippen LogP contribution < -0.4 is 5.32 Å². The molecule has 0 atom stereocenters. The van der Waals surface area contributed by atoms with Gasteiger partial charge in [-0.2, -0.15) is 0 Å². The molecule has 0 bridgehead atoms. The fourth-order valence-electron chi connectivity index (χ4n) is 2.86. The molecule has 22 heavy (non-hydrogen) atoms. The molecule has 0 saturated carbocycles. The van der Waals surface area contributed by atoms with E-state index in [1.54, 1.807) is 24.7 Å². The molecule has 0 radical (unpaired) electrons. The Labute approximate surface area is 127 Å². The Kier molecular flexibility index (Phi) is 3.11. The van der Waals surface area contributed by atoms with Crippen molar-refractivity contribution in [3.63, 3.8) is 0 Å². The molecule has 110 valence electrons. The Morgan fingerprint density at radius 1 is 1.23 bits per heavy atom. The Hall–Kier alpha value is -2.69. The highest BCUT2D eigenvalue weighted by Gasteiger charge is 2.20. The normalized spacial score (nSPS) is 14.7. The average Bonchev–Trinajstić information content (AvgIpc) is 3.17. The van der Waals surface area contributed by atoms with Crippen LogP contribution >= 0.6 is 0 Å². The van der Waals surface area contributed by atoms with Crippen molar-refractivity contribution in [3.05, 3.63) is 60.4 Å². The lowest BCUT2D eigenvalue weighted by atomic mass is 10.0. The number of imidazole rings is 1. The highest BCUT2D eigenvalue weighted by atomic mass is 19.1. The van der Waals surface area contributed by atoms with E-state index in [-0.39, 0.29) is 5.82 Å². The molecule has 0 saturated heterocycles. The summed E-state index contributed by atoms with van der Waals surface area (Å²) in [7, 11) is 0. The molecule has 4 rings (SSSR count). The van der Waals surface area contributed by atoms with Crippen LogP contribution in [-0.2, 0) is 6.54 Å². The van der Waals surface area contributed by atoms with Gasteiger partial charge in [-0.25, -0.2) is 9.37 Å². The summed E-state index contributed by atoms with van der Waals surface area (Å²) in [6.07, 6.45) is 6.46. The molecule has 1 aliphatic rings. The van der Waals surface area contributed by atoms with Gasteiger partial charge in [-0.3, -0.25) is 4.99 Å². The van der Waals surface area contributed by atoms with E-state index in [9.17, 15) is 4.39 Å². The van der Waals surface area contributed by atoms with Crippen molar-refractivity contribution in [1.29, 1.82) is 0 Å². The molecular formula is C17H15FN4. The minimum absolute atomic E-state index is 0.191. The molecular weight excluding hydrogens is 279 g/mol. The number of nitrogens with zero attached hydrogens (tertiary/aromatic N) is 3. The van der Waals surface area contributed by atoms with Gasteiger partial charge in [0.25, 0.3) is 0 Å². The third-order valence-corrected chi connectivity index (χ3v) is 3.90. The molecule has 3 aromatic rings. The van der Waals surface area contributed by atoms with Gasteiger partial charge in [-0.1, -0.05) is 18.2 Å². The monoisotopic (exact) mass is 294 g/mol. The van der Waals surface area contributed by atoms with Crippen molar-refractivity contribution in [2.24, 2.45) is 4.99 Å². The quantitative estimate of drug-likeness (QED) is 0.749. The zero-order chi connectivity index (χ0) is 14.9. The SMILES string of the molecule is Fc1ccc2c3c(cccc13)C(=NCCCn1ccnc1)N2. The number of hydrogen-bond donors (Lipinski definition) is 1. The van der Waals surface area contributed by atoms with E-state index < -0.39 is 0 Å². The number of halogens is 1. The van der Waals surface area contributed by atoms with Crippen LogP contribution in [0.15, 0.2) is 54.0 Å². The fraction of sp³-hybridized carbons (Fsp3) is 0.176. The van der Waals surface area contributed by atoms with Gasteiger partial charge in [-0.15, -0.1) is 0 Å². The first-order valence-electron chi connectivity index (χ1n) is 7.32. The number of hydrogen-bond acceptors (Lipinski definition) is 2. The first-order chi connectivity index (χ1) is 10.8. The van der Waals surface area contributed by atoms with Gasteiger partial charge in [0.2, 0.25) is 0 Å². The van der Waals surface area contributed by atoms with E-state index >= 15 is 0 Å². The summed E-state index contributed by atoms with van der Waals surface area (Å²) in [6, 6.07) is 8.94. The van der Waals surface area contributed by atoms with E-state index in [0.717, 1.165) is 35.4 Å². The topological polar surface area (TPSA) is 42.2 Å². The van der Waals surface area contributed by atoms with E-state index in [0.29, 0.717) is 11.9 Å². The van der Waals surface area contributed by atoms with Crippen molar-refractivity contribution in [3.8, 4) is 0 Å². The summed E-state index contributed by atoms with van der Waals surface area (Å²) in [5.74, 6) is 0.639. The summed E-state index contributed by atoms with van der Waals surface area (Å²) in [5, 5.41) is 4.86. The molecule has 1 aromatic heterocycles. The Morgan fingerprint density at radius 2 is 2.18 bits per heavy atom. The third-order valence-electron chi connectivity index (χ3n) is 3.90. The summed E-state index contributed by atoms with van der Waals surface area (Å²) >= 11 is 0. The Bertz CT molecular complexity index is 852. The van der Waals surface area contributed by atoms with Gasteiger partial charge >= 0.3 is 0 Å². The van der Waals surface area contributed by atoms with Crippen LogP contribution in [0, 0.1) is 5.82 Å². The third kappa shape index (κ3) is 2.15. The Balaban J connectivity index is 1.56. The standard InChI is InChI=1S/C17H15FN4/c18-14-5-6-15-16-12(14)3-1-4-13(16)17(21-15)20-7-2-9-22-10-8-19-11-22/h1,3-6,8,10-11H,2,7,9H2,(H,20,21). The maximum absolute atomic E-state index is 13.9. The van der Waals surface area contributed by atoms with Gasteiger partial charge in [0, 0.05) is 47.5 Å². The van der Waals surface area contributed by atoms with Gasteiger partial charge < -0.3 is 9.88 Å². The number of anilines is 1. The summed E-state index contributed by atoms with van der Waals surface area (Å²) < 4.78 is 15.9. The molecule has 0 amide bonds. The predicted molar refractivity (Wildman–Crippen MR) is 85.8 cm³/mol. The van der Waals surface area contributed by atoms with Gasteiger partial charge in [0.15, 0.2) is 0 Å². The maximum atomic E-state index is 13.9. The van der Waals surface area contributed by atoms with Crippen LogP contribution in [0.25, 0.3) is 10.8 Å². The number of aryl methyl sites for hydroxylation is 1. The number of aromatic nitrogens is 2. The van der Waals surface area contributed by atoms with Crippen molar-refractivity contribution in [2.45, 2.75) is 13.0 Å². The number of nitrogens with one attached hydrogen (secondary N) is 1. The number of benzene rings is 2. The van der Waals surface area contributed by atoms with Crippen LogP contribution in [-0.4, -0.2) is 21.9 Å². The summed E-state index contributed by atoms with van der Waals surface area (Å²) in [5.41, 5.74) is 1.91. The van der Waals surface area contributed by atoms with Gasteiger partial charge in [-0.05, 0) is 18.6 Å². The fourth-order valence-corrected chi connectivity index (χ4v) is 2.86. The summed E-state index contributed by atoms with van der Waals surface area (Å²) in [6.45, 7) is 1.61. The average molecular weight is 294 g/mol. The van der Waals surface area contributed by atoms with Gasteiger partial charge in [0.1, 0.15) is 11.7 Å². The predicted octanol–water partition coefficient (Wildman–Crippen LogP) is 3.44. The molecule has 1 aliphatic heterocycles. The minimum atomic E-state index is -0.191. The van der Waals surface area contributed by atoms with Crippen molar-refractivity contribution < 1.29 is 4.39 Å². The van der Waals surface area contributed by atoms with Crippen molar-refractivity contribution in [2.75, 3.05) is 11.9 Å². The maximum Gasteiger partial charge on any atom is 0.133 e. The molecule has 1 N–H and O–H groups in total. The van der Waals surface area contributed by atoms with Crippen LogP contribution in [0.3, 0.4) is 0 Å². The van der Waals surface area contributed by atoms with Crippen LogP contribution in [0.4, 0.5) is 10.1 Å². The molecule has 4 nitrogen and oxygen atoms in total. The highest BCUT2D eigenvalue weighted by Crippen LogP contribution is 2.34. The molecule has 0 fully saturated rings. The van der Waals surface area contributed by atoms with Crippen molar-refractivity contribution >= 4 is 22.3 Å². The van der Waals surface area contributed by atoms with E-state index in [1.165, 1.54) is 6.07 Å². The van der Waals surface area contributed by atoms with Crippen molar-refractivity contribution in [1.82, 2.24) is 9.55 Å². The molecule has 0 spiro atoms. The molecule has 0 unspecified atom stereocenters. The number of aliphatic imine (C=N–C) groups is 1. The second kappa shape index (κ2) is 5.26. The van der Waals surface area contributed by atoms with Crippen LogP contribution in [0.1, 0.15) is 12.0 Å². The first kappa shape index (κ1) is 13.0. The first-order valence-corrected chi connectivity index (χ1v) is 7.32. The molecule has 5 heteroatoms. The Morgan fingerprint density at radius 3 is 3.05 bits per heavy atom. The molecule has 0 aliphatic carbocycles. The second-order valence-corrected chi connectivity index (χ2v) is 5.33. The number of amidine groups is 1. The summed E-state index contributed by atoms with van der Waals surface area (Å²) in [4.78, 5) is 8.66. The van der Waals surface area contributed by atoms with Gasteiger partial charge in [0.05, 0.1) is 6.33 Å². The smallest absolute Gasteiger partial charge is 0.133 e. The lowest BCUT2D eigenvalue weighted by Gasteiger charge is -2.02. The molecule has 2 heterocycles. The minimum Gasteiger partial charge on any atom is -0.339 e. The van der Waals surface area contributed by atoms with Crippen LogP contribution in [0.2, 0.25) is 0 Å². The largest absolute Gasteiger partial charge is 0.339 e. The van der Waals surface area contributed by atoms with E-state index in [4.69, 9.17) is 0 Å². The second-order valence-electron chi connectivity index (χ2n) is 5.33. The molecule has 2 aromatic carbocycles. The highest BCUT2D eigenvalue weighted by molar-refractivity contribution is 6.26. The lowest BCUT2D eigenvalue weighted by Crippen LogP contribution is -2.08. The van der Waals surface area contributed by atoms with E-state index in [2.05, 4.69) is 15.3 Å². The van der Waals surface area contributed by atoms with Crippen LogP contribution in [0.5, 0.6) is 0 Å².